The fourth-order valence-corrected chi connectivity index (χ4v) is 7.81. The number of benzene rings is 3. The Bertz CT molecular complexity index is 1690. The van der Waals surface area contributed by atoms with Crippen molar-refractivity contribution in [1.29, 1.82) is 0 Å². The number of ether oxygens (including phenoxy) is 1. The molecule has 8 nitrogen and oxygen atoms in total. The van der Waals surface area contributed by atoms with Gasteiger partial charge in [-0.05, 0) is 96.5 Å². The molecule has 240 valence electrons. The molecular formula is C36H38F2N4O4. The van der Waals surface area contributed by atoms with Crippen molar-refractivity contribution in [3.8, 4) is 0 Å². The topological polar surface area (TPSA) is 99.8 Å². The fraction of sp³-hybridized carbons (Fsp3) is 0.417. The maximum absolute atomic E-state index is 14.2. The predicted octanol–water partition coefficient (Wildman–Crippen LogP) is 4.81. The highest BCUT2D eigenvalue weighted by Gasteiger charge is 2.51. The highest BCUT2D eigenvalue weighted by atomic mass is 19.1. The third-order valence-corrected chi connectivity index (χ3v) is 10.2. The fourth-order valence-electron chi connectivity index (χ4n) is 7.81. The minimum absolute atomic E-state index is 0.00228. The molecule has 3 amide bonds. The van der Waals surface area contributed by atoms with Gasteiger partial charge in [0.05, 0.1) is 17.5 Å². The number of fused-ring (bicyclic) bond motifs is 3. The third kappa shape index (κ3) is 5.58. The molecule has 2 fully saturated rings. The number of hydrogen-bond acceptors (Lipinski definition) is 5. The average molecular weight is 629 g/mol. The van der Waals surface area contributed by atoms with Gasteiger partial charge in [0, 0.05) is 37.2 Å². The Morgan fingerprint density at radius 2 is 1.78 bits per heavy atom. The Kier molecular flexibility index (Phi) is 8.10. The smallest absolute Gasteiger partial charge is 0.244 e. The van der Waals surface area contributed by atoms with E-state index < -0.39 is 35.0 Å². The van der Waals surface area contributed by atoms with Crippen LogP contribution < -0.4 is 16.0 Å². The molecule has 7 rings (SSSR count). The average Bonchev–Trinajstić information content (AvgIpc) is 3.55. The Morgan fingerprint density at radius 1 is 1.02 bits per heavy atom. The van der Waals surface area contributed by atoms with Crippen molar-refractivity contribution in [3.05, 3.63) is 94.0 Å². The maximum atomic E-state index is 14.2. The lowest BCUT2D eigenvalue weighted by molar-refractivity contribution is -0.142. The predicted molar refractivity (Wildman–Crippen MR) is 169 cm³/mol. The van der Waals surface area contributed by atoms with Crippen molar-refractivity contribution in [2.45, 2.75) is 62.9 Å². The third-order valence-electron chi connectivity index (χ3n) is 10.2. The molecular weight excluding hydrogens is 590 g/mol. The zero-order chi connectivity index (χ0) is 32.0. The van der Waals surface area contributed by atoms with Crippen molar-refractivity contribution in [2.24, 2.45) is 5.92 Å². The Hall–Kier alpha value is -4.15. The van der Waals surface area contributed by atoms with Crippen LogP contribution in [-0.4, -0.2) is 55.0 Å². The molecule has 0 radical (unpaired) electrons. The van der Waals surface area contributed by atoms with E-state index in [0.29, 0.717) is 49.6 Å². The van der Waals surface area contributed by atoms with Gasteiger partial charge in [-0.1, -0.05) is 31.2 Å². The molecule has 0 saturated carbocycles. The van der Waals surface area contributed by atoms with Gasteiger partial charge in [0.2, 0.25) is 17.7 Å². The highest BCUT2D eigenvalue weighted by Crippen LogP contribution is 2.48. The molecule has 1 aliphatic carbocycles. The molecule has 3 aromatic rings. The van der Waals surface area contributed by atoms with E-state index in [0.717, 1.165) is 53.3 Å². The van der Waals surface area contributed by atoms with Crippen molar-refractivity contribution >= 4 is 29.1 Å². The van der Waals surface area contributed by atoms with Crippen LogP contribution in [-0.2, 0) is 43.8 Å². The summed E-state index contributed by atoms with van der Waals surface area (Å²) in [4.78, 5) is 42.2. The maximum Gasteiger partial charge on any atom is 0.244 e. The van der Waals surface area contributed by atoms with Crippen LogP contribution in [0.15, 0.2) is 54.6 Å². The number of nitrogens with one attached hydrogen (secondary N) is 3. The molecule has 10 heteroatoms. The monoisotopic (exact) mass is 628 g/mol. The lowest BCUT2D eigenvalue weighted by atomic mass is 9.78. The van der Waals surface area contributed by atoms with Crippen LogP contribution in [0.5, 0.6) is 0 Å². The summed E-state index contributed by atoms with van der Waals surface area (Å²) in [6.45, 7) is 3.37. The van der Waals surface area contributed by atoms with Crippen molar-refractivity contribution in [3.63, 3.8) is 0 Å². The van der Waals surface area contributed by atoms with E-state index in [1.807, 2.05) is 36.4 Å². The summed E-state index contributed by atoms with van der Waals surface area (Å²) in [5.41, 5.74) is 5.28. The SMILES string of the molecule is CCc1cccc2c1NC(=O)C21Cc2ccc(NC(=O)CN3C(=O)C(CC4CCOCC4)NCC3c3cc(F)cc(F)c3)cc2C1. The molecule has 0 aromatic heterocycles. The van der Waals surface area contributed by atoms with Crippen LogP contribution >= 0.6 is 0 Å². The second-order valence-corrected chi connectivity index (χ2v) is 13.1. The first-order valence-corrected chi connectivity index (χ1v) is 16.2. The number of para-hydroxylation sites is 1. The summed E-state index contributed by atoms with van der Waals surface area (Å²) >= 11 is 0. The molecule has 3 unspecified atom stereocenters. The van der Waals surface area contributed by atoms with Gasteiger partial charge in [-0.15, -0.1) is 0 Å². The number of aryl methyl sites for hydroxylation is 1. The number of rotatable bonds is 7. The number of anilines is 2. The summed E-state index contributed by atoms with van der Waals surface area (Å²) in [6, 6.07) is 13.7. The summed E-state index contributed by atoms with van der Waals surface area (Å²) < 4.78 is 33.9. The minimum atomic E-state index is -0.739. The molecule has 3 aromatic carbocycles. The van der Waals surface area contributed by atoms with Crippen LogP contribution in [0.25, 0.3) is 0 Å². The Morgan fingerprint density at radius 3 is 2.54 bits per heavy atom. The van der Waals surface area contributed by atoms with Gasteiger partial charge in [0.1, 0.15) is 18.2 Å². The number of amides is 3. The largest absolute Gasteiger partial charge is 0.381 e. The molecule has 0 bridgehead atoms. The summed E-state index contributed by atoms with van der Waals surface area (Å²) in [6.07, 6.45) is 4.25. The molecule has 3 N–H and O–H groups in total. The standard InChI is InChI=1S/C36H38F2N4O4/c1-2-22-4-3-5-29-33(22)41-35(45)36(29)17-23-6-7-28(15-25(23)18-36)40-32(43)20-42-31(24-13-26(37)16-27(38)14-24)19-39-30(34(42)44)12-21-8-10-46-11-9-21/h3-7,13-16,21,30-31,39H,2,8-12,17-20H2,1H3,(H,40,43)(H,41,45). The van der Waals surface area contributed by atoms with E-state index in [1.165, 1.54) is 17.0 Å². The molecule has 3 atom stereocenters. The first-order valence-electron chi connectivity index (χ1n) is 16.2. The Balaban J connectivity index is 1.09. The number of piperazine rings is 1. The second kappa shape index (κ2) is 12.2. The zero-order valence-corrected chi connectivity index (χ0v) is 25.8. The van der Waals surface area contributed by atoms with Crippen molar-refractivity contribution in [1.82, 2.24) is 10.2 Å². The van der Waals surface area contributed by atoms with Crippen LogP contribution in [0.2, 0.25) is 0 Å². The van der Waals surface area contributed by atoms with Crippen LogP contribution in [0, 0.1) is 17.6 Å². The first-order chi connectivity index (χ1) is 22.2. The van der Waals surface area contributed by atoms with E-state index in [-0.39, 0.29) is 24.9 Å². The van der Waals surface area contributed by atoms with Gasteiger partial charge in [-0.25, -0.2) is 8.78 Å². The summed E-state index contributed by atoms with van der Waals surface area (Å²) in [5, 5.41) is 9.36. The zero-order valence-electron chi connectivity index (χ0n) is 25.8. The normalized spacial score (nSPS) is 24.2. The molecule has 46 heavy (non-hydrogen) atoms. The van der Waals surface area contributed by atoms with Crippen LogP contribution in [0.1, 0.15) is 60.0 Å². The molecule has 3 heterocycles. The second-order valence-electron chi connectivity index (χ2n) is 13.1. The van der Waals surface area contributed by atoms with Gasteiger partial charge in [-0.2, -0.15) is 0 Å². The highest BCUT2D eigenvalue weighted by molar-refractivity contribution is 6.08. The molecule has 2 saturated heterocycles. The number of carbonyl (C=O) groups is 3. The lowest BCUT2D eigenvalue weighted by Crippen LogP contribution is -2.58. The van der Waals surface area contributed by atoms with Gasteiger partial charge in [0.25, 0.3) is 0 Å². The first kappa shape index (κ1) is 30.5. The van der Waals surface area contributed by atoms with Crippen molar-refractivity contribution in [2.75, 3.05) is 36.9 Å². The molecule has 3 aliphatic heterocycles. The van der Waals surface area contributed by atoms with E-state index in [1.54, 1.807) is 0 Å². The van der Waals surface area contributed by atoms with E-state index in [9.17, 15) is 23.2 Å². The number of hydrogen-bond donors (Lipinski definition) is 3. The van der Waals surface area contributed by atoms with Gasteiger partial charge >= 0.3 is 0 Å². The van der Waals surface area contributed by atoms with Gasteiger partial charge in [-0.3, -0.25) is 14.4 Å². The quantitative estimate of drug-likeness (QED) is 0.349. The van der Waals surface area contributed by atoms with E-state index in [2.05, 4.69) is 22.9 Å². The van der Waals surface area contributed by atoms with Crippen molar-refractivity contribution < 1.29 is 27.9 Å². The number of carbonyl (C=O) groups excluding carboxylic acids is 3. The van der Waals surface area contributed by atoms with Gasteiger partial charge in [0.15, 0.2) is 0 Å². The van der Waals surface area contributed by atoms with Crippen LogP contribution in [0.3, 0.4) is 0 Å². The molecule has 1 spiro atoms. The minimum Gasteiger partial charge on any atom is -0.381 e. The van der Waals surface area contributed by atoms with Gasteiger partial charge < -0.3 is 25.6 Å². The Labute approximate surface area is 266 Å². The van der Waals surface area contributed by atoms with E-state index in [4.69, 9.17) is 4.74 Å². The number of halogens is 2. The number of nitrogens with zero attached hydrogens (tertiary/aromatic N) is 1. The summed E-state index contributed by atoms with van der Waals surface area (Å²) in [7, 11) is 0. The molecule has 4 aliphatic rings. The lowest BCUT2D eigenvalue weighted by Gasteiger charge is -2.41. The van der Waals surface area contributed by atoms with Crippen LogP contribution in [0.4, 0.5) is 20.2 Å². The van der Waals surface area contributed by atoms with E-state index >= 15 is 0 Å². The summed E-state index contributed by atoms with van der Waals surface area (Å²) in [5.74, 6) is -1.85.